The summed E-state index contributed by atoms with van der Waals surface area (Å²) in [5.74, 6) is 1.44. The number of fused-ring (bicyclic) bond motifs is 1. The van der Waals surface area contributed by atoms with Crippen molar-refractivity contribution in [2.45, 2.75) is 12.5 Å². The van der Waals surface area contributed by atoms with E-state index in [0.29, 0.717) is 12.4 Å². The molecular formula is C10H9O3. The minimum absolute atomic E-state index is 0.188. The molecule has 1 aliphatic rings. The Morgan fingerprint density at radius 1 is 1.38 bits per heavy atom. The summed E-state index contributed by atoms with van der Waals surface area (Å²) in [6, 6.07) is 7.42. The summed E-state index contributed by atoms with van der Waals surface area (Å²) in [6.45, 7) is 0.423. The SMILES string of the molecule is O=[C]CC1COc2ccccc2O1. The molecule has 67 valence electrons. The van der Waals surface area contributed by atoms with Gasteiger partial charge in [-0.3, -0.25) is 4.79 Å². The Labute approximate surface area is 76.3 Å². The van der Waals surface area contributed by atoms with Gasteiger partial charge < -0.3 is 9.47 Å². The van der Waals surface area contributed by atoms with Crippen LogP contribution in [0.15, 0.2) is 24.3 Å². The van der Waals surface area contributed by atoms with Crippen LogP contribution in [0.1, 0.15) is 6.42 Å². The van der Waals surface area contributed by atoms with Crippen LogP contribution in [0.25, 0.3) is 0 Å². The van der Waals surface area contributed by atoms with Gasteiger partial charge in [0, 0.05) is 0 Å². The summed E-state index contributed by atoms with van der Waals surface area (Å²) >= 11 is 0. The molecule has 1 aromatic carbocycles. The van der Waals surface area contributed by atoms with Gasteiger partial charge in [-0.15, -0.1) is 0 Å². The van der Waals surface area contributed by atoms with Crippen LogP contribution in [0.2, 0.25) is 0 Å². The fourth-order valence-corrected chi connectivity index (χ4v) is 1.26. The lowest BCUT2D eigenvalue weighted by Crippen LogP contribution is -2.29. The van der Waals surface area contributed by atoms with Crippen LogP contribution in [0.4, 0.5) is 0 Å². The van der Waals surface area contributed by atoms with E-state index >= 15 is 0 Å². The first-order chi connectivity index (χ1) is 6.40. The minimum Gasteiger partial charge on any atom is -0.486 e. The summed E-state index contributed by atoms with van der Waals surface area (Å²) in [4.78, 5) is 10.1. The molecular weight excluding hydrogens is 168 g/mol. The first kappa shape index (κ1) is 8.10. The van der Waals surface area contributed by atoms with Gasteiger partial charge in [-0.25, -0.2) is 0 Å². The van der Waals surface area contributed by atoms with Crippen LogP contribution in [0.5, 0.6) is 11.5 Å². The Kier molecular flexibility index (Phi) is 2.17. The molecule has 3 nitrogen and oxygen atoms in total. The van der Waals surface area contributed by atoms with Gasteiger partial charge in [0.05, 0.1) is 6.42 Å². The second-order valence-corrected chi connectivity index (χ2v) is 2.85. The molecule has 0 bridgehead atoms. The second kappa shape index (κ2) is 3.47. The monoisotopic (exact) mass is 177 g/mol. The number of benzene rings is 1. The van der Waals surface area contributed by atoms with Crippen LogP contribution in [-0.2, 0) is 4.79 Å². The van der Waals surface area contributed by atoms with Gasteiger partial charge in [0.25, 0.3) is 0 Å². The van der Waals surface area contributed by atoms with Gasteiger partial charge in [-0.2, -0.15) is 0 Å². The second-order valence-electron chi connectivity index (χ2n) is 2.85. The number of para-hydroxylation sites is 2. The Morgan fingerprint density at radius 3 is 2.92 bits per heavy atom. The Bertz CT molecular complexity index is 309. The molecule has 2 rings (SSSR count). The first-order valence-corrected chi connectivity index (χ1v) is 4.13. The van der Waals surface area contributed by atoms with Crippen molar-refractivity contribution in [3.8, 4) is 11.5 Å². The summed E-state index contributed by atoms with van der Waals surface area (Å²) in [6.07, 6.45) is 1.88. The molecule has 1 radical (unpaired) electrons. The van der Waals surface area contributed by atoms with Crippen LogP contribution < -0.4 is 9.47 Å². The van der Waals surface area contributed by atoms with Crippen LogP contribution in [0, 0.1) is 0 Å². The smallest absolute Gasteiger partial charge is 0.202 e. The number of hydrogen-bond donors (Lipinski definition) is 0. The average molecular weight is 177 g/mol. The fourth-order valence-electron chi connectivity index (χ4n) is 1.26. The summed E-state index contributed by atoms with van der Waals surface area (Å²) in [7, 11) is 0. The third-order valence-electron chi connectivity index (χ3n) is 1.88. The van der Waals surface area contributed by atoms with E-state index in [1.54, 1.807) is 0 Å². The van der Waals surface area contributed by atoms with Crippen molar-refractivity contribution in [3.63, 3.8) is 0 Å². The zero-order valence-electron chi connectivity index (χ0n) is 7.03. The van der Waals surface area contributed by atoms with E-state index in [1.165, 1.54) is 0 Å². The van der Waals surface area contributed by atoms with E-state index in [1.807, 2.05) is 30.6 Å². The topological polar surface area (TPSA) is 35.5 Å². The molecule has 1 aliphatic heterocycles. The highest BCUT2D eigenvalue weighted by Crippen LogP contribution is 2.31. The summed E-state index contributed by atoms with van der Waals surface area (Å²) in [5.41, 5.74) is 0. The van der Waals surface area contributed by atoms with Gasteiger partial charge in [0.1, 0.15) is 12.7 Å². The van der Waals surface area contributed by atoms with Gasteiger partial charge >= 0.3 is 0 Å². The molecule has 0 amide bonds. The van der Waals surface area contributed by atoms with Crippen molar-refractivity contribution in [1.29, 1.82) is 0 Å². The molecule has 0 aromatic heterocycles. The third-order valence-corrected chi connectivity index (χ3v) is 1.88. The lowest BCUT2D eigenvalue weighted by molar-refractivity contribution is 0.0956. The number of ether oxygens (including phenoxy) is 2. The fraction of sp³-hybridized carbons (Fsp3) is 0.300. The maximum Gasteiger partial charge on any atom is 0.202 e. The van der Waals surface area contributed by atoms with E-state index in [4.69, 9.17) is 9.47 Å². The molecule has 0 fully saturated rings. The molecule has 1 aromatic rings. The standard InChI is InChI=1S/C10H9O3/c11-6-5-8-7-12-9-3-1-2-4-10(9)13-8/h1-4,8H,5,7H2. The molecule has 13 heavy (non-hydrogen) atoms. The first-order valence-electron chi connectivity index (χ1n) is 4.13. The molecule has 1 unspecified atom stereocenters. The lowest BCUT2D eigenvalue weighted by Gasteiger charge is -2.24. The van der Waals surface area contributed by atoms with E-state index in [9.17, 15) is 4.79 Å². The van der Waals surface area contributed by atoms with Crippen molar-refractivity contribution in [3.05, 3.63) is 24.3 Å². The highest BCUT2D eigenvalue weighted by molar-refractivity contribution is 5.52. The quantitative estimate of drug-likeness (QED) is 0.683. The molecule has 1 heterocycles. The van der Waals surface area contributed by atoms with Crippen molar-refractivity contribution >= 4 is 6.29 Å². The number of rotatable bonds is 2. The highest BCUT2D eigenvalue weighted by atomic mass is 16.6. The molecule has 1 atom stereocenters. The third kappa shape index (κ3) is 1.64. The maximum absolute atomic E-state index is 10.1. The number of carbonyl (C=O) groups excluding carboxylic acids is 1. The van der Waals surface area contributed by atoms with E-state index < -0.39 is 0 Å². The Morgan fingerprint density at radius 2 is 2.15 bits per heavy atom. The van der Waals surface area contributed by atoms with Crippen molar-refractivity contribution in [2.24, 2.45) is 0 Å². The summed E-state index contributed by atoms with van der Waals surface area (Å²) < 4.78 is 10.9. The maximum atomic E-state index is 10.1. The van der Waals surface area contributed by atoms with Crippen LogP contribution in [0.3, 0.4) is 0 Å². The molecule has 0 N–H and O–H groups in total. The molecule has 0 spiro atoms. The van der Waals surface area contributed by atoms with E-state index in [2.05, 4.69) is 0 Å². The number of hydrogen-bond acceptors (Lipinski definition) is 3. The zero-order chi connectivity index (χ0) is 9.10. The normalized spacial score (nSPS) is 19.5. The van der Waals surface area contributed by atoms with Gasteiger partial charge in [-0.1, -0.05) is 12.1 Å². The van der Waals surface area contributed by atoms with Crippen LogP contribution >= 0.6 is 0 Å². The Hall–Kier alpha value is -1.51. The van der Waals surface area contributed by atoms with Crippen molar-refractivity contribution in [1.82, 2.24) is 0 Å². The molecule has 3 heteroatoms. The van der Waals surface area contributed by atoms with Crippen molar-refractivity contribution < 1.29 is 14.3 Å². The average Bonchev–Trinajstić information content (AvgIpc) is 2.18. The molecule has 0 saturated carbocycles. The van der Waals surface area contributed by atoms with Gasteiger partial charge in [0.2, 0.25) is 6.29 Å². The molecule has 0 aliphatic carbocycles. The zero-order valence-corrected chi connectivity index (χ0v) is 7.03. The summed E-state index contributed by atoms with van der Waals surface area (Å²) in [5, 5.41) is 0. The van der Waals surface area contributed by atoms with Crippen molar-refractivity contribution in [2.75, 3.05) is 6.61 Å². The molecule has 0 saturated heterocycles. The predicted molar refractivity (Wildman–Crippen MR) is 46.7 cm³/mol. The van der Waals surface area contributed by atoms with Gasteiger partial charge in [0.15, 0.2) is 11.5 Å². The predicted octanol–water partition coefficient (Wildman–Crippen LogP) is 1.33. The van der Waals surface area contributed by atoms with E-state index in [-0.39, 0.29) is 12.5 Å². The minimum atomic E-state index is -0.188. The van der Waals surface area contributed by atoms with Gasteiger partial charge in [-0.05, 0) is 12.1 Å². The van der Waals surface area contributed by atoms with E-state index in [0.717, 1.165) is 5.75 Å². The Balaban J connectivity index is 2.15. The van der Waals surface area contributed by atoms with Crippen LogP contribution in [-0.4, -0.2) is 19.0 Å². The largest absolute Gasteiger partial charge is 0.486 e. The lowest BCUT2D eigenvalue weighted by atomic mass is 10.2. The highest BCUT2D eigenvalue weighted by Gasteiger charge is 2.19.